The number of amides is 2. The molecule has 1 unspecified atom stereocenters. The zero-order chi connectivity index (χ0) is 21.7. The summed E-state index contributed by atoms with van der Waals surface area (Å²) >= 11 is 0. The lowest BCUT2D eigenvalue weighted by Gasteiger charge is -2.37. The van der Waals surface area contributed by atoms with Gasteiger partial charge in [-0.1, -0.05) is 38.1 Å². The van der Waals surface area contributed by atoms with E-state index >= 15 is 0 Å². The Hall–Kier alpha value is -2.64. The van der Waals surface area contributed by atoms with Gasteiger partial charge in [-0.3, -0.25) is 9.59 Å². The number of hydrogen-bond acceptors (Lipinski definition) is 5. The predicted molar refractivity (Wildman–Crippen MR) is 110 cm³/mol. The van der Waals surface area contributed by atoms with E-state index in [4.69, 9.17) is 19.9 Å². The molecule has 7 heteroatoms. The number of rotatable bonds is 9. The molecule has 1 aliphatic carbocycles. The fourth-order valence-electron chi connectivity index (χ4n) is 3.46. The molecule has 0 fully saturated rings. The Morgan fingerprint density at radius 1 is 1.14 bits per heavy atom. The second-order valence-corrected chi connectivity index (χ2v) is 7.67. The maximum absolute atomic E-state index is 11.7. The molecule has 29 heavy (non-hydrogen) atoms. The number of benzene rings is 1. The van der Waals surface area contributed by atoms with Crippen LogP contribution in [-0.4, -0.2) is 46.3 Å². The molecule has 1 aromatic carbocycles. The van der Waals surface area contributed by atoms with Crippen molar-refractivity contribution >= 4 is 11.8 Å². The van der Waals surface area contributed by atoms with Crippen molar-refractivity contribution < 1.29 is 23.8 Å². The molecule has 0 aliphatic heterocycles. The topological polar surface area (TPSA) is 99.9 Å². The molecule has 0 heterocycles. The first-order chi connectivity index (χ1) is 13.7. The number of primary amides is 1. The zero-order valence-electron chi connectivity index (χ0n) is 17.7. The van der Waals surface area contributed by atoms with Crippen LogP contribution in [0.25, 0.3) is 0 Å². The van der Waals surface area contributed by atoms with Gasteiger partial charge in [0.25, 0.3) is 0 Å². The van der Waals surface area contributed by atoms with Crippen molar-refractivity contribution in [1.82, 2.24) is 5.32 Å². The fourth-order valence-corrected chi connectivity index (χ4v) is 3.46. The fraction of sp³-hybridized carbons (Fsp3) is 0.455. The Bertz CT molecular complexity index is 811. The lowest BCUT2D eigenvalue weighted by molar-refractivity contribution is -0.125. The normalized spacial score (nSPS) is 19.2. The molecule has 3 N–H and O–H groups in total. The maximum atomic E-state index is 11.7. The molecule has 0 aromatic heterocycles. The second kappa shape index (κ2) is 9.24. The summed E-state index contributed by atoms with van der Waals surface area (Å²) in [4.78, 5) is 23.4. The van der Waals surface area contributed by atoms with Gasteiger partial charge >= 0.3 is 0 Å². The van der Waals surface area contributed by atoms with Gasteiger partial charge in [-0.15, -0.1) is 0 Å². The highest BCUT2D eigenvalue weighted by molar-refractivity contribution is 5.93. The van der Waals surface area contributed by atoms with E-state index in [2.05, 4.69) is 19.2 Å². The number of nitrogens with two attached hydrogens (primary N) is 1. The van der Waals surface area contributed by atoms with Crippen LogP contribution in [-0.2, 0) is 34.8 Å². The molecule has 7 nitrogen and oxygen atoms in total. The Kier molecular flexibility index (Phi) is 7.21. The smallest absolute Gasteiger partial charge is 0.246 e. The summed E-state index contributed by atoms with van der Waals surface area (Å²) in [6.45, 7) is 4.61. The van der Waals surface area contributed by atoms with E-state index in [1.54, 1.807) is 26.4 Å². The average Bonchev–Trinajstić information content (AvgIpc) is 2.72. The predicted octanol–water partition coefficient (Wildman–Crippen LogP) is 1.91. The van der Waals surface area contributed by atoms with E-state index in [1.165, 1.54) is 7.11 Å². The van der Waals surface area contributed by atoms with Crippen LogP contribution in [0.3, 0.4) is 0 Å². The molecule has 2 amide bonds. The summed E-state index contributed by atoms with van der Waals surface area (Å²) < 4.78 is 16.3. The number of carbonyl (C=O) groups is 2. The molecule has 0 saturated heterocycles. The van der Waals surface area contributed by atoms with E-state index < -0.39 is 11.5 Å². The van der Waals surface area contributed by atoms with Gasteiger partial charge in [-0.25, -0.2) is 0 Å². The van der Waals surface area contributed by atoms with E-state index in [0.717, 1.165) is 11.1 Å². The third kappa shape index (κ3) is 4.86. The maximum Gasteiger partial charge on any atom is 0.246 e. The van der Waals surface area contributed by atoms with Gasteiger partial charge < -0.3 is 25.3 Å². The van der Waals surface area contributed by atoms with Gasteiger partial charge in [0.1, 0.15) is 12.4 Å². The molecule has 158 valence electrons. The van der Waals surface area contributed by atoms with Crippen LogP contribution in [0.4, 0.5) is 0 Å². The van der Waals surface area contributed by atoms with Crippen molar-refractivity contribution in [3.63, 3.8) is 0 Å². The summed E-state index contributed by atoms with van der Waals surface area (Å²) in [7, 11) is 4.64. The van der Waals surface area contributed by atoms with Gasteiger partial charge in [0.05, 0.1) is 7.11 Å². The van der Waals surface area contributed by atoms with E-state index in [0.29, 0.717) is 17.9 Å². The lowest BCUT2D eigenvalue weighted by atomic mass is 9.79. The van der Waals surface area contributed by atoms with Crippen molar-refractivity contribution in [3.05, 3.63) is 58.9 Å². The van der Waals surface area contributed by atoms with E-state index in [-0.39, 0.29) is 24.3 Å². The number of nitrogens with one attached hydrogen (secondary N) is 1. The number of hydrogen-bond donors (Lipinski definition) is 2. The molecule has 0 saturated carbocycles. The van der Waals surface area contributed by atoms with Crippen LogP contribution in [0.15, 0.2) is 47.7 Å². The van der Waals surface area contributed by atoms with Crippen LogP contribution in [0.5, 0.6) is 0 Å². The molecule has 1 atom stereocenters. The minimum absolute atomic E-state index is 0.0349. The van der Waals surface area contributed by atoms with Crippen LogP contribution in [0.2, 0.25) is 0 Å². The summed E-state index contributed by atoms with van der Waals surface area (Å²) in [5, 5.41) is 2.88. The second-order valence-electron chi connectivity index (χ2n) is 7.67. The molecular formula is C22H30N2O5. The first-order valence-corrected chi connectivity index (χ1v) is 9.37. The minimum Gasteiger partial charge on any atom is -0.498 e. The van der Waals surface area contributed by atoms with Crippen LogP contribution in [0.1, 0.15) is 31.4 Å². The highest BCUT2D eigenvalue weighted by Gasteiger charge is 2.41. The highest BCUT2D eigenvalue weighted by atomic mass is 16.5. The summed E-state index contributed by atoms with van der Waals surface area (Å²) in [6.07, 6.45) is 3.67. The van der Waals surface area contributed by atoms with Crippen LogP contribution < -0.4 is 11.1 Å². The molecule has 1 aromatic rings. The minimum atomic E-state index is -0.927. The van der Waals surface area contributed by atoms with Crippen molar-refractivity contribution in [2.45, 2.75) is 31.3 Å². The first-order valence-electron chi connectivity index (χ1n) is 9.37. The summed E-state index contributed by atoms with van der Waals surface area (Å²) in [5.41, 5.74) is 6.65. The Balaban J connectivity index is 2.29. The van der Waals surface area contributed by atoms with Gasteiger partial charge in [0.15, 0.2) is 5.60 Å². The lowest BCUT2D eigenvalue weighted by Crippen LogP contribution is -2.38. The third-order valence-corrected chi connectivity index (χ3v) is 5.29. The largest absolute Gasteiger partial charge is 0.498 e. The molecule has 0 radical (unpaired) electrons. The van der Waals surface area contributed by atoms with Crippen molar-refractivity contribution in [2.24, 2.45) is 5.73 Å². The summed E-state index contributed by atoms with van der Waals surface area (Å²) in [6, 6.07) is 7.89. The highest BCUT2D eigenvalue weighted by Crippen LogP contribution is 2.42. The van der Waals surface area contributed by atoms with Gasteiger partial charge in [0, 0.05) is 38.2 Å². The Labute approximate surface area is 171 Å². The molecule has 0 spiro atoms. The molecule has 2 rings (SSSR count). The monoisotopic (exact) mass is 402 g/mol. The molecule has 0 bridgehead atoms. The standard InChI is InChI=1S/C22H30N2O5/c1-21(2,14-24-19(25)13-27-3)16-7-9-17(10-8-16)22(29-5)12-15(20(23)26)6-11-18(22)28-4/h6-11H,12-14H2,1-5H3,(H2,23,26)(H,24,25). The molecular weight excluding hydrogens is 372 g/mol. The van der Waals surface area contributed by atoms with Gasteiger partial charge in [-0.2, -0.15) is 0 Å². The SMILES string of the molecule is COCC(=O)NCC(C)(C)c1ccc(C2(OC)CC(C(N)=O)=CC=C2OC)cc1. The van der Waals surface area contributed by atoms with Crippen molar-refractivity contribution in [2.75, 3.05) is 34.5 Å². The quantitative estimate of drug-likeness (QED) is 0.657. The third-order valence-electron chi connectivity index (χ3n) is 5.29. The van der Waals surface area contributed by atoms with Crippen molar-refractivity contribution in [1.29, 1.82) is 0 Å². The van der Waals surface area contributed by atoms with E-state index in [1.807, 2.05) is 24.3 Å². The van der Waals surface area contributed by atoms with Gasteiger partial charge in [0.2, 0.25) is 11.8 Å². The Morgan fingerprint density at radius 3 is 2.31 bits per heavy atom. The van der Waals surface area contributed by atoms with Crippen LogP contribution >= 0.6 is 0 Å². The number of carbonyl (C=O) groups excluding carboxylic acids is 2. The van der Waals surface area contributed by atoms with Crippen molar-refractivity contribution in [3.8, 4) is 0 Å². The number of methoxy groups -OCH3 is 3. The average molecular weight is 402 g/mol. The van der Waals surface area contributed by atoms with E-state index in [9.17, 15) is 9.59 Å². The number of ether oxygens (including phenoxy) is 3. The number of allylic oxidation sites excluding steroid dienone is 2. The summed E-state index contributed by atoms with van der Waals surface area (Å²) in [5.74, 6) is -0.0374. The van der Waals surface area contributed by atoms with Crippen LogP contribution in [0, 0.1) is 0 Å². The Morgan fingerprint density at radius 2 is 1.79 bits per heavy atom. The molecule has 1 aliphatic rings. The first kappa shape index (κ1) is 22.6. The zero-order valence-corrected chi connectivity index (χ0v) is 17.7. The van der Waals surface area contributed by atoms with Gasteiger partial charge in [-0.05, 0) is 23.3 Å².